The quantitative estimate of drug-likeness (QED) is 0.183. The number of azo groups is 2. The minimum atomic E-state index is -4.59. The molecule has 0 bridgehead atoms. The van der Waals surface area contributed by atoms with Crippen LogP contribution in [0.15, 0.2) is 86.0 Å². The molecule has 168 valence electrons. The number of aromatic hydroxyl groups is 1. The summed E-state index contributed by atoms with van der Waals surface area (Å²) in [5.74, 6) is -2.22. The zero-order chi connectivity index (χ0) is 24.2. The van der Waals surface area contributed by atoms with E-state index in [4.69, 9.17) is 0 Å². The number of nitro groups is 1. The number of rotatable bonds is 7. The highest BCUT2D eigenvalue weighted by molar-refractivity contribution is 7.86. The van der Waals surface area contributed by atoms with Gasteiger partial charge in [-0.25, -0.2) is 4.79 Å². The van der Waals surface area contributed by atoms with Gasteiger partial charge in [-0.1, -0.05) is 12.1 Å². The first kappa shape index (κ1) is 23.1. The van der Waals surface area contributed by atoms with Gasteiger partial charge in [0.25, 0.3) is 15.8 Å². The first-order valence-corrected chi connectivity index (χ1v) is 10.2. The molecule has 0 unspecified atom stereocenters. The van der Waals surface area contributed by atoms with Crippen molar-refractivity contribution in [3.05, 3.63) is 76.3 Å². The maximum atomic E-state index is 11.5. The molecule has 0 amide bonds. The van der Waals surface area contributed by atoms with E-state index in [0.717, 1.165) is 18.2 Å². The van der Waals surface area contributed by atoms with Crippen molar-refractivity contribution in [2.24, 2.45) is 20.5 Å². The van der Waals surface area contributed by atoms with Gasteiger partial charge >= 0.3 is 5.97 Å². The van der Waals surface area contributed by atoms with Crippen molar-refractivity contribution in [1.82, 2.24) is 0 Å². The van der Waals surface area contributed by atoms with Crippen molar-refractivity contribution >= 4 is 44.5 Å². The van der Waals surface area contributed by atoms with Gasteiger partial charge < -0.3 is 10.2 Å². The Bertz CT molecular complexity index is 1400. The predicted molar refractivity (Wildman–Crippen MR) is 113 cm³/mol. The van der Waals surface area contributed by atoms with E-state index in [2.05, 4.69) is 20.5 Å². The van der Waals surface area contributed by atoms with Crippen LogP contribution in [0.2, 0.25) is 0 Å². The van der Waals surface area contributed by atoms with Crippen LogP contribution in [0.1, 0.15) is 10.4 Å². The lowest BCUT2D eigenvalue weighted by Gasteiger charge is -2.05. The van der Waals surface area contributed by atoms with E-state index in [1.165, 1.54) is 42.5 Å². The van der Waals surface area contributed by atoms with E-state index in [9.17, 15) is 38.1 Å². The number of phenols is 1. The van der Waals surface area contributed by atoms with Crippen LogP contribution < -0.4 is 0 Å². The molecule has 0 aliphatic heterocycles. The summed E-state index contributed by atoms with van der Waals surface area (Å²) in [6.45, 7) is 0. The second-order valence-corrected chi connectivity index (χ2v) is 7.67. The summed E-state index contributed by atoms with van der Waals surface area (Å²) < 4.78 is 32.2. The lowest BCUT2D eigenvalue weighted by molar-refractivity contribution is -0.384. The van der Waals surface area contributed by atoms with E-state index >= 15 is 0 Å². The molecule has 14 heteroatoms. The molecule has 0 heterocycles. The number of benzene rings is 3. The summed E-state index contributed by atoms with van der Waals surface area (Å²) in [5.41, 5.74) is -1.19. The molecule has 3 N–H and O–H groups in total. The van der Waals surface area contributed by atoms with Crippen LogP contribution in [0.4, 0.5) is 28.4 Å². The van der Waals surface area contributed by atoms with Gasteiger partial charge in [-0.05, 0) is 36.4 Å². The summed E-state index contributed by atoms with van der Waals surface area (Å²) in [4.78, 5) is 21.1. The highest BCUT2D eigenvalue weighted by Gasteiger charge is 2.17. The van der Waals surface area contributed by atoms with Gasteiger partial charge in [0.05, 0.1) is 16.3 Å². The number of hydrogen-bond donors (Lipinski definition) is 3. The molecule has 0 radical (unpaired) electrons. The van der Waals surface area contributed by atoms with Crippen molar-refractivity contribution in [3.63, 3.8) is 0 Å². The zero-order valence-electron chi connectivity index (χ0n) is 16.3. The average Bonchev–Trinajstić information content (AvgIpc) is 2.77. The summed E-state index contributed by atoms with van der Waals surface area (Å²) in [6.07, 6.45) is 0. The zero-order valence-corrected chi connectivity index (χ0v) is 17.1. The summed E-state index contributed by atoms with van der Waals surface area (Å²) in [7, 11) is -4.59. The minimum absolute atomic E-state index is 0.118. The fraction of sp³-hybridized carbons (Fsp3) is 0. The van der Waals surface area contributed by atoms with Gasteiger partial charge in [-0.15, -0.1) is 10.2 Å². The molecule has 0 aromatic heterocycles. The van der Waals surface area contributed by atoms with Crippen LogP contribution in [0.5, 0.6) is 5.75 Å². The van der Waals surface area contributed by atoms with Gasteiger partial charge in [-0.2, -0.15) is 18.6 Å². The van der Waals surface area contributed by atoms with Crippen LogP contribution in [0.25, 0.3) is 0 Å². The standard InChI is InChI=1S/C19H13N5O8S/c25-18-14(19(26)27)9-12(21-22-15-3-1-2-4-17(15)33(30,31)32)10-16(18)23-20-11-5-7-13(8-6-11)24(28)29/h1-10,25H,(H,26,27)(H,30,31,32). The van der Waals surface area contributed by atoms with Crippen LogP contribution >= 0.6 is 0 Å². The Balaban J connectivity index is 2.00. The SMILES string of the molecule is O=C(O)c1cc(N=Nc2ccccc2S(=O)(=O)O)cc(N=Nc2ccc([N+](=O)[O-])cc2)c1O. The van der Waals surface area contributed by atoms with Crippen LogP contribution in [0.3, 0.4) is 0 Å². The number of hydrogen-bond acceptors (Lipinski definition) is 10. The first-order chi connectivity index (χ1) is 15.6. The second kappa shape index (κ2) is 9.29. The molecule has 0 aliphatic rings. The highest BCUT2D eigenvalue weighted by Crippen LogP contribution is 2.37. The number of carboxylic acids is 1. The van der Waals surface area contributed by atoms with E-state index < -0.39 is 37.2 Å². The highest BCUT2D eigenvalue weighted by atomic mass is 32.2. The number of carbonyl (C=O) groups is 1. The maximum Gasteiger partial charge on any atom is 0.339 e. The van der Waals surface area contributed by atoms with E-state index in [1.807, 2.05) is 0 Å². The van der Waals surface area contributed by atoms with Gasteiger partial charge in [-0.3, -0.25) is 14.7 Å². The molecule has 0 fully saturated rings. The Morgan fingerprint density at radius 3 is 2.09 bits per heavy atom. The summed E-state index contributed by atoms with van der Waals surface area (Å²) >= 11 is 0. The van der Waals surface area contributed by atoms with Gasteiger partial charge in [0.2, 0.25) is 0 Å². The van der Waals surface area contributed by atoms with Crippen LogP contribution in [0, 0.1) is 10.1 Å². The Labute approximate surface area is 185 Å². The van der Waals surface area contributed by atoms with Crippen LogP contribution in [-0.2, 0) is 10.1 Å². The molecular weight excluding hydrogens is 458 g/mol. The Kier molecular flexibility index (Phi) is 6.51. The molecule has 0 atom stereocenters. The van der Waals surface area contributed by atoms with Crippen molar-refractivity contribution in [2.75, 3.05) is 0 Å². The number of carboxylic acid groups (broad SMARTS) is 1. The molecule has 33 heavy (non-hydrogen) atoms. The molecule has 13 nitrogen and oxygen atoms in total. The first-order valence-electron chi connectivity index (χ1n) is 8.81. The third-order valence-corrected chi connectivity index (χ3v) is 4.96. The molecule has 0 spiro atoms. The minimum Gasteiger partial charge on any atom is -0.505 e. The number of non-ortho nitro benzene ring substituents is 1. The predicted octanol–water partition coefficient (Wildman–Crippen LogP) is 5.08. The lowest BCUT2D eigenvalue weighted by atomic mass is 10.1. The fourth-order valence-corrected chi connectivity index (χ4v) is 3.15. The van der Waals surface area contributed by atoms with Crippen molar-refractivity contribution < 1.29 is 32.9 Å². The molecule has 0 aliphatic carbocycles. The average molecular weight is 471 g/mol. The van der Waals surface area contributed by atoms with Gasteiger partial charge in [0, 0.05) is 12.1 Å². The Hall–Kier alpha value is -4.56. The van der Waals surface area contributed by atoms with Crippen molar-refractivity contribution in [1.29, 1.82) is 0 Å². The number of nitrogens with zero attached hydrogens (tertiary/aromatic N) is 5. The largest absolute Gasteiger partial charge is 0.505 e. The van der Waals surface area contributed by atoms with Crippen molar-refractivity contribution in [2.45, 2.75) is 4.90 Å². The normalized spacial score (nSPS) is 11.8. The Morgan fingerprint density at radius 1 is 0.879 bits per heavy atom. The monoisotopic (exact) mass is 471 g/mol. The molecular formula is C19H13N5O8S. The molecule has 0 saturated carbocycles. The third kappa shape index (κ3) is 5.57. The Morgan fingerprint density at radius 2 is 1.48 bits per heavy atom. The molecule has 0 saturated heterocycles. The second-order valence-electron chi connectivity index (χ2n) is 6.28. The van der Waals surface area contributed by atoms with Crippen LogP contribution in [-0.4, -0.2) is 34.1 Å². The van der Waals surface area contributed by atoms with E-state index in [0.29, 0.717) is 0 Å². The summed E-state index contributed by atoms with van der Waals surface area (Å²) in [5, 5.41) is 45.3. The number of aromatic carboxylic acids is 1. The van der Waals surface area contributed by atoms with Crippen molar-refractivity contribution in [3.8, 4) is 5.75 Å². The fourth-order valence-electron chi connectivity index (χ4n) is 2.52. The molecule has 3 aromatic carbocycles. The smallest absolute Gasteiger partial charge is 0.339 e. The summed E-state index contributed by atoms with van der Waals surface area (Å²) in [6, 6.07) is 12.3. The molecule has 3 aromatic rings. The molecule has 3 rings (SSSR count). The maximum absolute atomic E-state index is 11.5. The van der Waals surface area contributed by atoms with E-state index in [-0.39, 0.29) is 28.4 Å². The lowest BCUT2D eigenvalue weighted by Crippen LogP contribution is -1.97. The number of nitro benzene ring substituents is 1. The van der Waals surface area contributed by atoms with Gasteiger partial charge in [0.15, 0.2) is 5.75 Å². The van der Waals surface area contributed by atoms with E-state index in [1.54, 1.807) is 0 Å². The van der Waals surface area contributed by atoms with Gasteiger partial charge in [0.1, 0.15) is 21.8 Å². The third-order valence-electron chi connectivity index (χ3n) is 4.06. The topological polar surface area (TPSA) is 204 Å².